The molecule has 3 heterocycles. The SMILES string of the molecule is O=C(NCCSc1cn[nH]n1)c1coc(CN2CCN(Cc3ccccc3)CC2)n1. The molecule has 1 fully saturated rings. The van der Waals surface area contributed by atoms with Crippen LogP contribution in [0.5, 0.6) is 0 Å². The number of piperazine rings is 1. The predicted octanol–water partition coefficient (Wildman–Crippen LogP) is 1.63. The van der Waals surface area contributed by atoms with Crippen molar-refractivity contribution in [2.75, 3.05) is 38.5 Å². The highest BCUT2D eigenvalue weighted by Gasteiger charge is 2.20. The largest absolute Gasteiger partial charge is 0.447 e. The summed E-state index contributed by atoms with van der Waals surface area (Å²) in [4.78, 5) is 21.3. The van der Waals surface area contributed by atoms with Crippen molar-refractivity contribution >= 4 is 17.7 Å². The molecule has 4 rings (SSSR count). The maximum Gasteiger partial charge on any atom is 0.273 e. The van der Waals surface area contributed by atoms with Crippen LogP contribution in [-0.2, 0) is 13.1 Å². The molecule has 1 amide bonds. The van der Waals surface area contributed by atoms with E-state index in [4.69, 9.17) is 4.42 Å². The molecule has 0 aliphatic carbocycles. The van der Waals surface area contributed by atoms with Crippen molar-refractivity contribution in [3.05, 3.63) is 59.9 Å². The molecule has 1 aliphatic rings. The maximum absolute atomic E-state index is 12.2. The highest BCUT2D eigenvalue weighted by Crippen LogP contribution is 2.13. The second-order valence-corrected chi connectivity index (χ2v) is 8.19. The number of hydrogen-bond acceptors (Lipinski definition) is 8. The summed E-state index contributed by atoms with van der Waals surface area (Å²) in [6, 6.07) is 10.5. The molecule has 0 radical (unpaired) electrons. The number of benzene rings is 1. The Balaban J connectivity index is 1.17. The predicted molar refractivity (Wildman–Crippen MR) is 113 cm³/mol. The fraction of sp³-hybridized carbons (Fsp3) is 0.400. The Morgan fingerprint density at radius 3 is 2.63 bits per heavy atom. The lowest BCUT2D eigenvalue weighted by Crippen LogP contribution is -2.45. The first kappa shape index (κ1) is 20.6. The molecule has 1 saturated heterocycles. The van der Waals surface area contributed by atoms with E-state index in [0.717, 1.165) is 37.7 Å². The van der Waals surface area contributed by atoms with E-state index >= 15 is 0 Å². The van der Waals surface area contributed by atoms with E-state index in [1.165, 1.54) is 23.6 Å². The fourth-order valence-electron chi connectivity index (χ4n) is 3.30. The van der Waals surface area contributed by atoms with Gasteiger partial charge in [0.05, 0.1) is 12.7 Å². The quantitative estimate of drug-likeness (QED) is 0.392. The van der Waals surface area contributed by atoms with Gasteiger partial charge in [-0.25, -0.2) is 4.98 Å². The number of aromatic nitrogens is 4. The zero-order valence-corrected chi connectivity index (χ0v) is 17.5. The third-order valence-electron chi connectivity index (χ3n) is 4.89. The number of carbonyl (C=O) groups is 1. The van der Waals surface area contributed by atoms with Gasteiger partial charge < -0.3 is 9.73 Å². The Morgan fingerprint density at radius 2 is 1.90 bits per heavy atom. The van der Waals surface area contributed by atoms with Crippen LogP contribution >= 0.6 is 11.8 Å². The minimum Gasteiger partial charge on any atom is -0.447 e. The Kier molecular flexibility index (Phi) is 7.11. The molecule has 3 aromatic rings. The van der Waals surface area contributed by atoms with Crippen molar-refractivity contribution in [1.29, 1.82) is 0 Å². The Bertz CT molecular complexity index is 908. The van der Waals surface area contributed by atoms with Crippen LogP contribution in [0.25, 0.3) is 0 Å². The number of aromatic amines is 1. The second kappa shape index (κ2) is 10.4. The van der Waals surface area contributed by atoms with Crippen molar-refractivity contribution in [3.63, 3.8) is 0 Å². The van der Waals surface area contributed by atoms with Crippen LogP contribution in [0, 0.1) is 0 Å². The van der Waals surface area contributed by atoms with Crippen LogP contribution < -0.4 is 5.32 Å². The first-order chi connectivity index (χ1) is 14.8. The van der Waals surface area contributed by atoms with Gasteiger partial charge in [0.15, 0.2) is 5.69 Å². The number of nitrogens with one attached hydrogen (secondary N) is 2. The number of H-pyrrole nitrogens is 1. The molecule has 0 atom stereocenters. The highest BCUT2D eigenvalue weighted by atomic mass is 32.2. The van der Waals surface area contributed by atoms with Gasteiger partial charge in [-0.05, 0) is 5.56 Å². The van der Waals surface area contributed by atoms with Gasteiger partial charge in [0.1, 0.15) is 11.3 Å². The van der Waals surface area contributed by atoms with Gasteiger partial charge in [-0.3, -0.25) is 14.6 Å². The molecular weight excluding hydrogens is 402 g/mol. The normalized spacial score (nSPS) is 15.3. The third-order valence-corrected chi connectivity index (χ3v) is 5.79. The van der Waals surface area contributed by atoms with E-state index in [1.54, 1.807) is 6.20 Å². The minimum atomic E-state index is -0.224. The molecule has 0 saturated carbocycles. The molecular formula is C20H25N7O2S. The van der Waals surface area contributed by atoms with Crippen molar-refractivity contribution in [2.45, 2.75) is 18.1 Å². The Hall–Kier alpha value is -2.69. The molecule has 30 heavy (non-hydrogen) atoms. The fourth-order valence-corrected chi connectivity index (χ4v) is 3.94. The number of rotatable bonds is 9. The summed E-state index contributed by atoms with van der Waals surface area (Å²) in [6.45, 7) is 6.04. The summed E-state index contributed by atoms with van der Waals surface area (Å²) in [5, 5.41) is 13.9. The van der Waals surface area contributed by atoms with E-state index in [0.29, 0.717) is 30.4 Å². The van der Waals surface area contributed by atoms with E-state index in [1.807, 2.05) is 6.07 Å². The Labute approximate surface area is 179 Å². The average molecular weight is 428 g/mol. The summed E-state index contributed by atoms with van der Waals surface area (Å²) in [7, 11) is 0. The molecule has 9 nitrogen and oxygen atoms in total. The number of thioether (sulfide) groups is 1. The van der Waals surface area contributed by atoms with E-state index < -0.39 is 0 Å². The van der Waals surface area contributed by atoms with Gasteiger partial charge in [0, 0.05) is 45.0 Å². The summed E-state index contributed by atoms with van der Waals surface area (Å²) in [5.74, 6) is 1.06. The second-order valence-electron chi connectivity index (χ2n) is 7.08. The number of nitrogens with zero attached hydrogens (tertiary/aromatic N) is 5. The van der Waals surface area contributed by atoms with Gasteiger partial charge in [-0.2, -0.15) is 10.3 Å². The summed E-state index contributed by atoms with van der Waals surface area (Å²) < 4.78 is 5.52. The lowest BCUT2D eigenvalue weighted by atomic mass is 10.2. The smallest absolute Gasteiger partial charge is 0.273 e. The lowest BCUT2D eigenvalue weighted by Gasteiger charge is -2.34. The lowest BCUT2D eigenvalue weighted by molar-refractivity contribution is 0.0951. The number of amides is 1. The molecule has 0 bridgehead atoms. The monoisotopic (exact) mass is 427 g/mol. The van der Waals surface area contributed by atoms with Crippen molar-refractivity contribution in [1.82, 2.24) is 35.5 Å². The standard InChI is InChI=1S/C20H25N7O2S/c28-20(21-6-11-30-19-12-22-25-24-19)17-15-29-18(23-17)14-27-9-7-26(8-10-27)13-16-4-2-1-3-5-16/h1-5,12,15H,6-11,13-14H2,(H,21,28)(H,22,24,25). The van der Waals surface area contributed by atoms with E-state index in [2.05, 4.69) is 59.8 Å². The van der Waals surface area contributed by atoms with E-state index in [9.17, 15) is 4.79 Å². The highest BCUT2D eigenvalue weighted by molar-refractivity contribution is 7.99. The topological polar surface area (TPSA) is 103 Å². The molecule has 2 N–H and O–H groups in total. The van der Waals surface area contributed by atoms with Crippen molar-refractivity contribution in [3.8, 4) is 0 Å². The molecule has 10 heteroatoms. The van der Waals surface area contributed by atoms with Gasteiger partial charge in [0.25, 0.3) is 5.91 Å². The van der Waals surface area contributed by atoms with Crippen molar-refractivity contribution < 1.29 is 9.21 Å². The minimum absolute atomic E-state index is 0.224. The zero-order chi connectivity index (χ0) is 20.6. The van der Waals surface area contributed by atoms with Crippen LogP contribution in [0.15, 0.2) is 52.2 Å². The van der Waals surface area contributed by atoms with Crippen LogP contribution in [0.2, 0.25) is 0 Å². The molecule has 158 valence electrons. The van der Waals surface area contributed by atoms with Crippen LogP contribution in [0.4, 0.5) is 0 Å². The molecule has 2 aromatic heterocycles. The zero-order valence-electron chi connectivity index (χ0n) is 16.7. The van der Waals surface area contributed by atoms with Gasteiger partial charge in [-0.15, -0.1) is 16.9 Å². The van der Waals surface area contributed by atoms with Gasteiger partial charge in [-0.1, -0.05) is 30.3 Å². The van der Waals surface area contributed by atoms with Crippen LogP contribution in [-0.4, -0.2) is 74.6 Å². The van der Waals surface area contributed by atoms with E-state index in [-0.39, 0.29) is 5.91 Å². The summed E-state index contributed by atoms with van der Waals surface area (Å²) in [6.07, 6.45) is 3.08. The first-order valence-corrected chi connectivity index (χ1v) is 10.9. The Morgan fingerprint density at radius 1 is 1.13 bits per heavy atom. The summed E-state index contributed by atoms with van der Waals surface area (Å²) >= 11 is 1.52. The first-order valence-electron chi connectivity index (χ1n) is 9.96. The van der Waals surface area contributed by atoms with Crippen molar-refractivity contribution in [2.24, 2.45) is 0 Å². The van der Waals surface area contributed by atoms with Crippen LogP contribution in [0.1, 0.15) is 21.9 Å². The number of hydrogen-bond donors (Lipinski definition) is 2. The molecule has 1 aliphatic heterocycles. The average Bonchev–Trinajstić information content (AvgIpc) is 3.46. The van der Waals surface area contributed by atoms with Gasteiger partial charge >= 0.3 is 0 Å². The van der Waals surface area contributed by atoms with Crippen LogP contribution in [0.3, 0.4) is 0 Å². The maximum atomic E-state index is 12.2. The molecule has 0 unspecified atom stereocenters. The number of carbonyl (C=O) groups excluding carboxylic acids is 1. The number of oxazole rings is 1. The summed E-state index contributed by atoms with van der Waals surface area (Å²) in [5.41, 5.74) is 1.66. The van der Waals surface area contributed by atoms with Gasteiger partial charge in [0.2, 0.25) is 5.89 Å². The molecule has 1 aromatic carbocycles. The third kappa shape index (κ3) is 5.91. The molecule has 0 spiro atoms.